The fourth-order valence-electron chi connectivity index (χ4n) is 0. The first-order valence-electron chi connectivity index (χ1n) is 0.901. The van der Waals surface area contributed by atoms with E-state index >= 15 is 0 Å². The Kier molecular flexibility index (Phi) is 159. The van der Waals surface area contributed by atoms with Crippen molar-refractivity contribution in [3.63, 3.8) is 0 Å². The number of hydrogen-bond donors (Lipinski definition) is 0. The van der Waals surface area contributed by atoms with Crippen molar-refractivity contribution < 1.29 is 76.9 Å². The maximum absolute atomic E-state index is 8.93. The molecule has 0 radical (unpaired) electrons. The molecule has 0 aromatic heterocycles. The zero-order valence-electron chi connectivity index (χ0n) is 3.73. The molecule has 0 spiro atoms. The summed E-state index contributed by atoms with van der Waals surface area (Å²) in [6, 6.07) is 0. The van der Waals surface area contributed by atoms with E-state index in [-0.39, 0.29) is 72.1 Å². The Morgan fingerprint density at radius 2 is 1.50 bits per heavy atom. The van der Waals surface area contributed by atoms with E-state index in [1.54, 1.807) is 0 Å². The molecule has 0 fully saturated rings. The van der Waals surface area contributed by atoms with Crippen molar-refractivity contribution in [1.82, 2.24) is 0 Å². The van der Waals surface area contributed by atoms with Crippen LogP contribution in [0, 0.1) is 0 Å². The summed E-state index contributed by atoms with van der Waals surface area (Å²) >= 11 is 0. The molecule has 52 valence electrons. The van der Waals surface area contributed by atoms with Gasteiger partial charge in [-0.05, 0) is 6.29 Å². The van der Waals surface area contributed by atoms with Gasteiger partial charge in [0.2, 0.25) is 0 Å². The van der Waals surface area contributed by atoms with Crippen LogP contribution >= 0.6 is 0 Å². The second kappa shape index (κ2) is 38.0. The summed E-state index contributed by atoms with van der Waals surface area (Å²) in [7, 11) is 0. The van der Waals surface area contributed by atoms with Gasteiger partial charge in [-0.15, -0.1) is 0 Å². The minimum Gasteiger partial charge on any atom is -0.419 e. The van der Waals surface area contributed by atoms with Crippen LogP contribution in [0.5, 0.6) is 0 Å². The first-order valence-corrected chi connectivity index (χ1v) is 0.901. The third-order valence-corrected chi connectivity index (χ3v) is 0.0833. The molecule has 0 heterocycles. The van der Waals surface area contributed by atoms with E-state index in [2.05, 4.69) is 6.58 Å². The van der Waals surface area contributed by atoms with Crippen LogP contribution < -0.4 is 0 Å². The molecule has 0 saturated carbocycles. The molecule has 1 nitrogen and oxygen atoms in total. The van der Waals surface area contributed by atoms with E-state index in [1.165, 1.54) is 6.29 Å². The van der Waals surface area contributed by atoms with E-state index in [0.717, 1.165) is 6.08 Å². The fraction of sp³-hybridized carbons (Fsp3) is 0. The minimum absolute atomic E-state index is 0. The van der Waals surface area contributed by atoms with Gasteiger partial charge in [0.25, 0.3) is 0 Å². The average Bonchev–Trinajstić information content (AvgIpc) is 1.37. The topological polar surface area (TPSA) is 17.1 Å². The van der Waals surface area contributed by atoms with Crippen LogP contribution in [0.15, 0.2) is 12.7 Å². The molecule has 0 bridgehead atoms. The van der Waals surface area contributed by atoms with Gasteiger partial charge in [-0.3, -0.25) is 0 Å². The molecule has 0 aromatic rings. The molecule has 0 N–H and O–H groups in total. The third kappa shape index (κ3) is 48.3. The van der Waals surface area contributed by atoms with Crippen LogP contribution in [-0.2, 0) is 76.9 Å². The number of rotatable bonds is 1. The van der Waals surface area contributed by atoms with Crippen LogP contribution in [0.4, 0.5) is 0 Å². The van der Waals surface area contributed by atoms with Crippen molar-refractivity contribution in [3.05, 3.63) is 12.7 Å². The summed E-state index contributed by atoms with van der Waals surface area (Å²) in [5, 5.41) is 0. The summed E-state index contributed by atoms with van der Waals surface area (Å²) in [6.45, 7) is 3.06. The predicted molar refractivity (Wildman–Crippen MR) is 15.9 cm³/mol. The SMILES string of the molecule is C=C[C-]=O.[Cr].[Ni].[Ni].[Ti]. The van der Waals surface area contributed by atoms with Gasteiger partial charge in [-0.1, -0.05) is 0 Å². The zero-order valence-corrected chi connectivity index (χ0v) is 8.55. The Morgan fingerprint density at radius 3 is 1.50 bits per heavy atom. The Labute approximate surface area is 94.9 Å². The Bertz CT molecular complexity index is 38.3. The maximum atomic E-state index is 8.93. The van der Waals surface area contributed by atoms with Crippen LogP contribution in [0.1, 0.15) is 0 Å². The van der Waals surface area contributed by atoms with E-state index in [1.807, 2.05) is 0 Å². The van der Waals surface area contributed by atoms with Crippen molar-refractivity contribution in [2.45, 2.75) is 0 Å². The first kappa shape index (κ1) is 33.4. The van der Waals surface area contributed by atoms with Crippen LogP contribution in [0.3, 0.4) is 0 Å². The molecule has 0 aliphatic rings. The summed E-state index contributed by atoms with van der Waals surface area (Å²) in [4.78, 5) is 8.93. The van der Waals surface area contributed by atoms with Gasteiger partial charge in [-0.2, -0.15) is 0 Å². The Hall–Kier alpha value is 1.64. The van der Waals surface area contributed by atoms with Gasteiger partial charge in [0.15, 0.2) is 0 Å². The molecule has 8 heavy (non-hydrogen) atoms. The van der Waals surface area contributed by atoms with Crippen molar-refractivity contribution in [2.24, 2.45) is 0 Å². The summed E-state index contributed by atoms with van der Waals surface area (Å²) in [5.41, 5.74) is 0. The number of carbonyl (C=O) groups excluding carboxylic acids is 1. The molecule has 5 heteroatoms. The van der Waals surface area contributed by atoms with Gasteiger partial charge >= 0.3 is 0 Å². The normalized spacial score (nSPS) is 2.50. The smallest absolute Gasteiger partial charge is 0 e. The standard InChI is InChI=1S/C3H3O.Cr.2Ni.Ti/c1-2-3-4;;;;/h2H,1H2;;;;/q-1;;;;. The molecule has 0 unspecified atom stereocenters. The molecule has 0 aliphatic carbocycles. The van der Waals surface area contributed by atoms with E-state index < -0.39 is 0 Å². The molecule has 0 atom stereocenters. The summed E-state index contributed by atoms with van der Waals surface area (Å²) < 4.78 is 0. The predicted octanol–water partition coefficient (Wildman–Crippen LogP) is 0.272. The van der Waals surface area contributed by atoms with Gasteiger partial charge in [0.1, 0.15) is 0 Å². The molecular weight excluding hydrogens is 269 g/mol. The maximum Gasteiger partial charge on any atom is 0 e. The summed E-state index contributed by atoms with van der Waals surface area (Å²) in [5.74, 6) is 0. The van der Waals surface area contributed by atoms with Crippen LogP contribution in [0.25, 0.3) is 0 Å². The van der Waals surface area contributed by atoms with Gasteiger partial charge < -0.3 is 4.79 Å². The second-order valence-electron chi connectivity index (χ2n) is 0.322. The van der Waals surface area contributed by atoms with Gasteiger partial charge in [0.05, 0.1) is 0 Å². The molecule has 0 amide bonds. The van der Waals surface area contributed by atoms with Crippen molar-refractivity contribution in [2.75, 3.05) is 0 Å². The van der Waals surface area contributed by atoms with Gasteiger partial charge in [-0.25, -0.2) is 12.7 Å². The molecule has 0 saturated heterocycles. The summed E-state index contributed by atoms with van der Waals surface area (Å²) in [6.07, 6.45) is 2.51. The van der Waals surface area contributed by atoms with Crippen LogP contribution in [0.2, 0.25) is 0 Å². The number of hydrogen-bond acceptors (Lipinski definition) is 1. The van der Waals surface area contributed by atoms with E-state index in [4.69, 9.17) is 4.79 Å². The third-order valence-electron chi connectivity index (χ3n) is 0.0833. The quantitative estimate of drug-likeness (QED) is 0.380. The van der Waals surface area contributed by atoms with Crippen LogP contribution in [-0.4, -0.2) is 6.29 Å². The van der Waals surface area contributed by atoms with Gasteiger partial charge in [0, 0.05) is 72.1 Å². The minimum atomic E-state index is 0. The zero-order chi connectivity index (χ0) is 3.41. The second-order valence-corrected chi connectivity index (χ2v) is 0.322. The molecular formula is C3H3CrNi2OTi-. The Balaban J connectivity index is -0.00000000750. The van der Waals surface area contributed by atoms with E-state index in [0.29, 0.717) is 0 Å². The largest absolute Gasteiger partial charge is 0.419 e. The number of allylic oxidation sites excluding steroid dienone is 1. The first-order chi connectivity index (χ1) is 1.91. The van der Waals surface area contributed by atoms with E-state index in [9.17, 15) is 0 Å². The fourth-order valence-corrected chi connectivity index (χ4v) is 0. The monoisotopic (exact) mass is 271 g/mol. The Morgan fingerprint density at radius 1 is 1.38 bits per heavy atom. The average molecular weight is 272 g/mol. The van der Waals surface area contributed by atoms with Crippen molar-refractivity contribution >= 4 is 6.29 Å². The van der Waals surface area contributed by atoms with Crippen molar-refractivity contribution in [1.29, 1.82) is 0 Å². The van der Waals surface area contributed by atoms with Crippen molar-refractivity contribution in [3.8, 4) is 0 Å². The molecule has 0 rings (SSSR count). The molecule has 0 aromatic carbocycles. The molecule has 0 aliphatic heterocycles.